The Morgan fingerprint density at radius 2 is 2.15 bits per heavy atom. The Balaban J connectivity index is 1.68. The second-order valence-corrected chi connectivity index (χ2v) is 7.75. The van der Waals surface area contributed by atoms with Crippen molar-refractivity contribution in [2.75, 3.05) is 20.2 Å². The quantitative estimate of drug-likeness (QED) is 0.821. The van der Waals surface area contributed by atoms with Crippen LogP contribution >= 0.6 is 11.6 Å². The summed E-state index contributed by atoms with van der Waals surface area (Å²) in [6, 6.07) is 6.82. The molecular formula is C19H25ClN2O4. The molecule has 0 aromatic heterocycles. The van der Waals surface area contributed by atoms with Gasteiger partial charge in [0.15, 0.2) is 0 Å². The van der Waals surface area contributed by atoms with Crippen molar-refractivity contribution in [2.45, 2.75) is 38.3 Å². The number of hydrogen-bond acceptors (Lipinski definition) is 3. The van der Waals surface area contributed by atoms with Crippen LogP contribution in [0.4, 0.5) is 4.79 Å². The maximum absolute atomic E-state index is 12.7. The molecule has 1 aromatic carbocycles. The zero-order valence-corrected chi connectivity index (χ0v) is 15.8. The average molecular weight is 381 g/mol. The molecule has 1 saturated carbocycles. The van der Waals surface area contributed by atoms with Crippen LogP contribution in [0.2, 0.25) is 5.02 Å². The van der Waals surface area contributed by atoms with Gasteiger partial charge in [-0.3, -0.25) is 4.79 Å². The van der Waals surface area contributed by atoms with E-state index in [1.54, 1.807) is 18.1 Å². The van der Waals surface area contributed by atoms with Gasteiger partial charge in [-0.05, 0) is 31.7 Å². The van der Waals surface area contributed by atoms with Crippen LogP contribution < -0.4 is 5.32 Å². The molecule has 0 bridgehead atoms. The van der Waals surface area contributed by atoms with Crippen molar-refractivity contribution in [3.63, 3.8) is 0 Å². The number of nitrogens with zero attached hydrogens (tertiary/aromatic N) is 1. The number of aliphatic carboxylic acids is 1. The first kappa shape index (κ1) is 19.0. The number of nitrogens with one attached hydrogen (secondary N) is 1. The standard InChI is InChI=1S/C19H25ClN2O4/c1-12(16(26-2)14-7-3-4-8-15(14)20)21-18(25)22-10-13-6-5-9-19(13,11-22)17(23)24/h3-4,7-8,12-13,16H,5-6,9-11H2,1-2H3,(H,21,25)(H,23,24)/t12?,13-,16?,19+/m0/s1. The molecule has 1 heterocycles. The molecule has 26 heavy (non-hydrogen) atoms. The van der Waals surface area contributed by atoms with Crippen LogP contribution in [0.1, 0.15) is 37.9 Å². The van der Waals surface area contributed by atoms with Crippen LogP contribution in [0.3, 0.4) is 0 Å². The zero-order valence-electron chi connectivity index (χ0n) is 15.1. The van der Waals surface area contributed by atoms with Gasteiger partial charge < -0.3 is 20.1 Å². The number of carbonyl (C=O) groups is 2. The minimum Gasteiger partial charge on any atom is -0.481 e. The van der Waals surface area contributed by atoms with Crippen LogP contribution in [-0.2, 0) is 9.53 Å². The molecule has 1 aliphatic heterocycles. The average Bonchev–Trinajstić information content (AvgIpc) is 3.15. The summed E-state index contributed by atoms with van der Waals surface area (Å²) < 4.78 is 5.56. The summed E-state index contributed by atoms with van der Waals surface area (Å²) >= 11 is 6.25. The summed E-state index contributed by atoms with van der Waals surface area (Å²) in [6.07, 6.45) is 2.04. The van der Waals surface area contributed by atoms with E-state index in [0.717, 1.165) is 18.4 Å². The van der Waals surface area contributed by atoms with E-state index >= 15 is 0 Å². The number of urea groups is 1. The first-order valence-corrected chi connectivity index (χ1v) is 9.33. The Kier molecular flexibility index (Phi) is 5.44. The van der Waals surface area contributed by atoms with E-state index in [-0.39, 0.29) is 30.6 Å². The summed E-state index contributed by atoms with van der Waals surface area (Å²) in [5, 5.41) is 13.2. The van der Waals surface area contributed by atoms with Crippen LogP contribution in [-0.4, -0.2) is 48.2 Å². The molecule has 7 heteroatoms. The number of ether oxygens (including phenoxy) is 1. The smallest absolute Gasteiger partial charge is 0.317 e. The van der Waals surface area contributed by atoms with Crippen molar-refractivity contribution >= 4 is 23.6 Å². The van der Waals surface area contributed by atoms with Gasteiger partial charge in [0.1, 0.15) is 6.10 Å². The molecule has 0 radical (unpaired) electrons. The predicted molar refractivity (Wildman–Crippen MR) is 98.2 cm³/mol. The number of carbonyl (C=O) groups excluding carboxylic acids is 1. The summed E-state index contributed by atoms with van der Waals surface area (Å²) in [7, 11) is 1.58. The number of fused-ring (bicyclic) bond motifs is 1. The van der Waals surface area contributed by atoms with Gasteiger partial charge in [-0.15, -0.1) is 0 Å². The van der Waals surface area contributed by atoms with Gasteiger partial charge in [0.05, 0.1) is 11.5 Å². The molecule has 1 aliphatic carbocycles. The minimum absolute atomic E-state index is 0.0443. The Hall–Kier alpha value is -1.79. The summed E-state index contributed by atoms with van der Waals surface area (Å²) in [5.41, 5.74) is 0.0361. The van der Waals surface area contributed by atoms with E-state index in [2.05, 4.69) is 5.32 Å². The monoisotopic (exact) mass is 380 g/mol. The highest BCUT2D eigenvalue weighted by Crippen LogP contribution is 2.48. The number of likely N-dealkylation sites (tertiary alicyclic amines) is 1. The van der Waals surface area contributed by atoms with Gasteiger partial charge in [-0.2, -0.15) is 0 Å². The summed E-state index contributed by atoms with van der Waals surface area (Å²) in [4.78, 5) is 26.1. The molecule has 2 fully saturated rings. The zero-order chi connectivity index (χ0) is 18.9. The number of amides is 2. The van der Waals surface area contributed by atoms with E-state index in [1.165, 1.54) is 0 Å². The predicted octanol–water partition coefficient (Wildman–Crippen LogP) is 3.31. The first-order chi connectivity index (χ1) is 12.4. The molecule has 2 N–H and O–H groups in total. The van der Waals surface area contributed by atoms with Crippen molar-refractivity contribution in [3.8, 4) is 0 Å². The molecule has 6 nitrogen and oxygen atoms in total. The highest BCUT2D eigenvalue weighted by Gasteiger charge is 2.55. The van der Waals surface area contributed by atoms with E-state index in [9.17, 15) is 14.7 Å². The van der Waals surface area contributed by atoms with Crippen LogP contribution in [0.25, 0.3) is 0 Å². The van der Waals surface area contributed by atoms with Gasteiger partial charge >= 0.3 is 12.0 Å². The molecule has 142 valence electrons. The third-order valence-electron chi connectivity index (χ3n) is 5.85. The number of hydrogen-bond donors (Lipinski definition) is 2. The lowest BCUT2D eigenvalue weighted by atomic mass is 9.81. The second kappa shape index (κ2) is 7.45. The Morgan fingerprint density at radius 3 is 2.77 bits per heavy atom. The van der Waals surface area contributed by atoms with Crippen molar-refractivity contribution in [1.82, 2.24) is 10.2 Å². The van der Waals surface area contributed by atoms with Gasteiger partial charge in [0.25, 0.3) is 0 Å². The Morgan fingerprint density at radius 1 is 1.42 bits per heavy atom. The normalized spacial score (nSPS) is 27.0. The van der Waals surface area contributed by atoms with E-state index in [0.29, 0.717) is 18.0 Å². The molecule has 3 rings (SSSR count). The lowest BCUT2D eigenvalue weighted by Crippen LogP contribution is -2.46. The van der Waals surface area contributed by atoms with Crippen LogP contribution in [0.5, 0.6) is 0 Å². The fourth-order valence-electron chi connectivity index (χ4n) is 4.46. The largest absolute Gasteiger partial charge is 0.481 e. The van der Waals surface area contributed by atoms with Gasteiger partial charge in [0.2, 0.25) is 0 Å². The van der Waals surface area contributed by atoms with Crippen molar-refractivity contribution in [1.29, 1.82) is 0 Å². The minimum atomic E-state index is -0.783. The maximum Gasteiger partial charge on any atom is 0.317 e. The van der Waals surface area contributed by atoms with Gasteiger partial charge in [-0.25, -0.2) is 4.79 Å². The van der Waals surface area contributed by atoms with Gasteiger partial charge in [0, 0.05) is 30.8 Å². The van der Waals surface area contributed by atoms with Gasteiger partial charge in [-0.1, -0.05) is 36.2 Å². The number of benzene rings is 1. The lowest BCUT2D eigenvalue weighted by molar-refractivity contribution is -0.149. The fourth-order valence-corrected chi connectivity index (χ4v) is 4.70. The van der Waals surface area contributed by atoms with Crippen molar-refractivity contribution < 1.29 is 19.4 Å². The van der Waals surface area contributed by atoms with Crippen molar-refractivity contribution in [2.24, 2.45) is 11.3 Å². The highest BCUT2D eigenvalue weighted by atomic mass is 35.5. The molecule has 1 aromatic rings. The Labute approximate surface area is 158 Å². The maximum atomic E-state index is 12.7. The molecule has 2 unspecified atom stereocenters. The van der Waals surface area contributed by atoms with E-state index in [4.69, 9.17) is 16.3 Å². The molecular weight excluding hydrogens is 356 g/mol. The first-order valence-electron chi connectivity index (χ1n) is 8.95. The number of carboxylic acid groups (broad SMARTS) is 1. The number of halogens is 1. The lowest BCUT2D eigenvalue weighted by Gasteiger charge is -2.28. The number of methoxy groups -OCH3 is 1. The molecule has 2 amide bonds. The fraction of sp³-hybridized carbons (Fsp3) is 0.579. The molecule has 2 aliphatic rings. The highest BCUT2D eigenvalue weighted by molar-refractivity contribution is 6.31. The molecule has 4 atom stereocenters. The SMILES string of the molecule is COC(c1ccccc1Cl)C(C)NC(=O)N1C[C@@H]2CCC[C@@]2(C(=O)O)C1. The van der Waals surface area contributed by atoms with Crippen molar-refractivity contribution in [3.05, 3.63) is 34.9 Å². The number of carboxylic acids is 1. The van der Waals surface area contributed by atoms with E-state index < -0.39 is 11.4 Å². The molecule has 1 saturated heterocycles. The molecule has 0 spiro atoms. The Bertz CT molecular complexity index is 698. The topological polar surface area (TPSA) is 78.9 Å². The van der Waals surface area contributed by atoms with Crippen LogP contribution in [0, 0.1) is 11.3 Å². The van der Waals surface area contributed by atoms with Crippen LogP contribution in [0.15, 0.2) is 24.3 Å². The third-order valence-corrected chi connectivity index (χ3v) is 6.20. The second-order valence-electron chi connectivity index (χ2n) is 7.35. The van der Waals surface area contributed by atoms with E-state index in [1.807, 2.05) is 25.1 Å². The number of rotatable bonds is 5. The summed E-state index contributed by atoms with van der Waals surface area (Å²) in [6.45, 7) is 2.63. The third kappa shape index (κ3) is 3.28. The summed E-state index contributed by atoms with van der Waals surface area (Å²) in [5.74, 6) is -0.739.